The fourth-order valence-electron chi connectivity index (χ4n) is 4.41. The van der Waals surface area contributed by atoms with E-state index in [1.165, 1.54) is 64.2 Å². The SMILES string of the molecule is CCCCCCCCCCCCCC(=O)OC(COC(=O)CCCCCCCC)COC(OCC[N+](C)(C)C)C(=O)[O-]. The number of esters is 2. The zero-order valence-corrected chi connectivity index (χ0v) is 27.6. The lowest BCUT2D eigenvalue weighted by Gasteiger charge is -2.26. The molecule has 9 nitrogen and oxygen atoms in total. The summed E-state index contributed by atoms with van der Waals surface area (Å²) in [7, 11) is 5.88. The summed E-state index contributed by atoms with van der Waals surface area (Å²) in [4.78, 5) is 36.3. The van der Waals surface area contributed by atoms with Gasteiger partial charge in [-0.3, -0.25) is 9.59 Å². The molecule has 0 aliphatic heterocycles. The summed E-state index contributed by atoms with van der Waals surface area (Å²) in [6.45, 7) is 4.64. The highest BCUT2D eigenvalue weighted by Gasteiger charge is 2.21. The van der Waals surface area contributed by atoms with Crippen molar-refractivity contribution in [3.05, 3.63) is 0 Å². The molecule has 0 aromatic carbocycles. The summed E-state index contributed by atoms with van der Waals surface area (Å²) < 4.78 is 22.2. The summed E-state index contributed by atoms with van der Waals surface area (Å²) >= 11 is 0. The summed E-state index contributed by atoms with van der Waals surface area (Å²) in [5, 5.41) is 11.5. The van der Waals surface area contributed by atoms with Gasteiger partial charge in [0.15, 0.2) is 12.4 Å². The number of carboxylic acid groups (broad SMARTS) is 1. The van der Waals surface area contributed by atoms with Gasteiger partial charge in [-0.25, -0.2) is 0 Å². The summed E-state index contributed by atoms with van der Waals surface area (Å²) in [6, 6.07) is 0. The van der Waals surface area contributed by atoms with Gasteiger partial charge in [0.05, 0.1) is 40.3 Å². The van der Waals surface area contributed by atoms with Gasteiger partial charge in [-0.1, -0.05) is 110 Å². The number of carboxylic acids is 1. The van der Waals surface area contributed by atoms with Crippen LogP contribution in [0.1, 0.15) is 136 Å². The number of carbonyl (C=O) groups excluding carboxylic acids is 3. The van der Waals surface area contributed by atoms with Crippen molar-refractivity contribution in [2.75, 3.05) is 47.5 Å². The van der Waals surface area contributed by atoms with Crippen LogP contribution >= 0.6 is 0 Å². The Morgan fingerprint density at radius 3 is 1.52 bits per heavy atom. The molecule has 0 saturated heterocycles. The summed E-state index contributed by atoms with van der Waals surface area (Å²) in [6.07, 6.45) is 17.3. The summed E-state index contributed by atoms with van der Waals surface area (Å²) in [5.74, 6) is -2.29. The minimum atomic E-state index is -1.61. The van der Waals surface area contributed by atoms with Crippen LogP contribution in [0.25, 0.3) is 0 Å². The van der Waals surface area contributed by atoms with Crippen molar-refractivity contribution >= 4 is 17.9 Å². The second-order valence-electron chi connectivity index (χ2n) is 12.5. The van der Waals surface area contributed by atoms with Crippen molar-refractivity contribution in [1.82, 2.24) is 0 Å². The van der Waals surface area contributed by atoms with E-state index in [4.69, 9.17) is 18.9 Å². The van der Waals surface area contributed by atoms with Crippen LogP contribution in [0.15, 0.2) is 0 Å². The maximum atomic E-state index is 12.5. The largest absolute Gasteiger partial charge is 0.545 e. The number of rotatable bonds is 30. The molecule has 9 heteroatoms. The van der Waals surface area contributed by atoms with E-state index in [2.05, 4.69) is 13.8 Å². The van der Waals surface area contributed by atoms with Gasteiger partial charge >= 0.3 is 11.9 Å². The van der Waals surface area contributed by atoms with E-state index < -0.39 is 24.3 Å². The number of ether oxygens (including phenoxy) is 4. The molecule has 0 spiro atoms. The number of hydrogen-bond acceptors (Lipinski definition) is 8. The molecule has 0 fully saturated rings. The van der Waals surface area contributed by atoms with Gasteiger partial charge in [0.25, 0.3) is 0 Å². The standard InChI is InChI=1S/C33H63NO8/c1-6-8-10-12-14-15-16-17-18-20-22-24-31(36)42-29(27-40-30(35)23-21-19-13-11-9-7-2)28-41-33(32(37)38)39-26-25-34(3,4)5/h29,33H,6-28H2,1-5H3. The number of likely N-dealkylation sites (N-methyl/N-ethyl adjacent to an activating group) is 1. The molecule has 0 amide bonds. The molecule has 0 rings (SSSR count). The lowest BCUT2D eigenvalue weighted by Crippen LogP contribution is -2.44. The van der Waals surface area contributed by atoms with Gasteiger partial charge in [0.1, 0.15) is 13.2 Å². The lowest BCUT2D eigenvalue weighted by molar-refractivity contribution is -0.870. The molecule has 0 radical (unpaired) electrons. The third kappa shape index (κ3) is 27.1. The maximum Gasteiger partial charge on any atom is 0.306 e. The fraction of sp³-hybridized carbons (Fsp3) is 0.909. The van der Waals surface area contributed by atoms with E-state index in [9.17, 15) is 19.5 Å². The average Bonchev–Trinajstić information content (AvgIpc) is 2.93. The smallest absolute Gasteiger partial charge is 0.306 e. The molecular weight excluding hydrogens is 538 g/mol. The Hall–Kier alpha value is -1.71. The maximum absolute atomic E-state index is 12.5. The zero-order valence-electron chi connectivity index (χ0n) is 27.6. The quantitative estimate of drug-likeness (QED) is 0.0446. The lowest BCUT2D eigenvalue weighted by atomic mass is 10.1. The first-order chi connectivity index (χ1) is 20.1. The van der Waals surface area contributed by atoms with Crippen molar-refractivity contribution in [2.24, 2.45) is 0 Å². The topological polar surface area (TPSA) is 111 Å². The van der Waals surface area contributed by atoms with Crippen LogP contribution < -0.4 is 5.11 Å². The second kappa shape index (κ2) is 26.9. The minimum Gasteiger partial charge on any atom is -0.545 e. The van der Waals surface area contributed by atoms with Crippen LogP contribution in [0.4, 0.5) is 0 Å². The van der Waals surface area contributed by atoms with E-state index in [1.54, 1.807) is 0 Å². The molecule has 0 aromatic rings. The van der Waals surface area contributed by atoms with Crippen LogP contribution in [0.2, 0.25) is 0 Å². The molecule has 0 aromatic heterocycles. The summed E-state index contributed by atoms with van der Waals surface area (Å²) in [5.41, 5.74) is 0. The molecule has 0 saturated carbocycles. The molecular formula is C33H63NO8. The van der Waals surface area contributed by atoms with E-state index in [1.807, 2.05) is 21.1 Å². The Morgan fingerprint density at radius 1 is 0.619 bits per heavy atom. The highest BCUT2D eigenvalue weighted by molar-refractivity contribution is 5.70. The van der Waals surface area contributed by atoms with Gasteiger partial charge in [0.2, 0.25) is 0 Å². The predicted molar refractivity (Wildman–Crippen MR) is 164 cm³/mol. The molecule has 0 aliphatic carbocycles. The van der Waals surface area contributed by atoms with Gasteiger partial charge in [-0.05, 0) is 12.8 Å². The van der Waals surface area contributed by atoms with Crippen molar-refractivity contribution < 1.29 is 42.9 Å². The monoisotopic (exact) mass is 601 g/mol. The predicted octanol–water partition coefficient (Wildman–Crippen LogP) is 5.71. The van der Waals surface area contributed by atoms with E-state index >= 15 is 0 Å². The first-order valence-electron chi connectivity index (χ1n) is 16.7. The number of carbonyl (C=O) groups is 3. The van der Waals surface area contributed by atoms with Crippen molar-refractivity contribution in [1.29, 1.82) is 0 Å². The molecule has 0 heterocycles. The van der Waals surface area contributed by atoms with Crippen LogP contribution in [0.3, 0.4) is 0 Å². The van der Waals surface area contributed by atoms with Gasteiger partial charge in [0, 0.05) is 12.8 Å². The molecule has 2 atom stereocenters. The first-order valence-corrected chi connectivity index (χ1v) is 16.7. The Bertz CT molecular complexity index is 679. The molecule has 2 unspecified atom stereocenters. The van der Waals surface area contributed by atoms with E-state index in [0.29, 0.717) is 17.4 Å². The highest BCUT2D eigenvalue weighted by Crippen LogP contribution is 2.13. The van der Waals surface area contributed by atoms with Crippen molar-refractivity contribution in [3.63, 3.8) is 0 Å². The van der Waals surface area contributed by atoms with Gasteiger partial charge < -0.3 is 33.3 Å². The number of aliphatic carboxylic acids is 1. The van der Waals surface area contributed by atoms with Crippen LogP contribution in [-0.2, 0) is 33.3 Å². The normalized spacial score (nSPS) is 13.1. The third-order valence-electron chi connectivity index (χ3n) is 7.10. The third-order valence-corrected chi connectivity index (χ3v) is 7.10. The van der Waals surface area contributed by atoms with Crippen molar-refractivity contribution in [2.45, 2.75) is 148 Å². The van der Waals surface area contributed by atoms with E-state index in [0.717, 1.165) is 44.9 Å². The Balaban J connectivity index is 4.58. The van der Waals surface area contributed by atoms with E-state index in [-0.39, 0.29) is 32.2 Å². The number of quaternary nitrogens is 1. The Labute approximate surface area is 256 Å². The van der Waals surface area contributed by atoms with Gasteiger partial charge in [-0.15, -0.1) is 0 Å². The van der Waals surface area contributed by atoms with Crippen molar-refractivity contribution in [3.8, 4) is 0 Å². The average molecular weight is 602 g/mol. The molecule has 42 heavy (non-hydrogen) atoms. The molecule has 0 aliphatic rings. The van der Waals surface area contributed by atoms with Crippen LogP contribution in [0, 0.1) is 0 Å². The molecule has 248 valence electrons. The fourth-order valence-corrected chi connectivity index (χ4v) is 4.41. The zero-order chi connectivity index (χ0) is 31.5. The molecule has 0 bridgehead atoms. The highest BCUT2D eigenvalue weighted by atomic mass is 16.7. The minimum absolute atomic E-state index is 0.151. The number of hydrogen-bond donors (Lipinski definition) is 0. The van der Waals surface area contributed by atoms with Crippen LogP contribution in [-0.4, -0.2) is 82.3 Å². The number of nitrogens with zero attached hydrogens (tertiary/aromatic N) is 1. The molecule has 0 N–H and O–H groups in total. The van der Waals surface area contributed by atoms with Crippen LogP contribution in [0.5, 0.6) is 0 Å². The second-order valence-corrected chi connectivity index (χ2v) is 12.5. The Morgan fingerprint density at radius 2 is 1.07 bits per heavy atom. The number of unbranched alkanes of at least 4 members (excludes halogenated alkanes) is 15. The first kappa shape index (κ1) is 40.3. The van der Waals surface area contributed by atoms with Gasteiger partial charge in [-0.2, -0.15) is 0 Å². The Kier molecular flexibility index (Phi) is 25.8.